The number of halogens is 1. The van der Waals surface area contributed by atoms with E-state index in [9.17, 15) is 19.8 Å². The Balaban J connectivity index is 1.84. The number of allylic oxidation sites excluding steroid dienone is 1. The van der Waals surface area contributed by atoms with E-state index < -0.39 is 4.92 Å². The Morgan fingerprint density at radius 3 is 2.52 bits per heavy atom. The van der Waals surface area contributed by atoms with Crippen molar-refractivity contribution < 1.29 is 18.8 Å². The van der Waals surface area contributed by atoms with Crippen molar-refractivity contribution in [2.24, 2.45) is 0 Å². The molecule has 0 heterocycles. The third-order valence-electron chi connectivity index (χ3n) is 4.37. The molecule has 0 atom stereocenters. The van der Waals surface area contributed by atoms with Crippen LogP contribution in [0.2, 0.25) is 0 Å². The van der Waals surface area contributed by atoms with E-state index in [4.69, 9.17) is 9.47 Å². The Morgan fingerprint density at radius 1 is 1.10 bits per heavy atom. The molecule has 0 spiro atoms. The molecule has 0 fully saturated rings. The summed E-state index contributed by atoms with van der Waals surface area (Å²) in [6.07, 6.45) is 1.67. The number of non-ortho nitro benzene ring substituents is 1. The molecule has 7 heteroatoms. The first-order valence-corrected chi connectivity index (χ1v) is 9.51. The molecule has 0 aliphatic carbocycles. The van der Waals surface area contributed by atoms with Crippen molar-refractivity contribution in [1.29, 1.82) is 5.26 Å². The Kier molecular flexibility index (Phi) is 6.97. The van der Waals surface area contributed by atoms with Gasteiger partial charge in [0.25, 0.3) is 5.69 Å². The fourth-order valence-corrected chi connectivity index (χ4v) is 2.90. The minimum absolute atomic E-state index is 0.0422. The van der Waals surface area contributed by atoms with Crippen LogP contribution in [0.5, 0.6) is 11.5 Å². The SMILES string of the molecule is CCOc1cc(/C=C(/C#N)c2ccc([N+](=O)[O-])cc2)ccc1OCc1cccc(F)c1. The highest BCUT2D eigenvalue weighted by molar-refractivity contribution is 5.90. The maximum atomic E-state index is 13.4. The molecule has 156 valence electrons. The van der Waals surface area contributed by atoms with Crippen LogP contribution < -0.4 is 9.47 Å². The maximum absolute atomic E-state index is 13.4. The van der Waals surface area contributed by atoms with Gasteiger partial charge in [-0.3, -0.25) is 10.1 Å². The maximum Gasteiger partial charge on any atom is 0.269 e. The smallest absolute Gasteiger partial charge is 0.269 e. The van der Waals surface area contributed by atoms with Crippen molar-refractivity contribution in [2.45, 2.75) is 13.5 Å². The van der Waals surface area contributed by atoms with Crippen molar-refractivity contribution in [3.63, 3.8) is 0 Å². The molecule has 3 aromatic rings. The Morgan fingerprint density at radius 2 is 1.87 bits per heavy atom. The standard InChI is InChI=1S/C24H19FN2O4/c1-2-30-24-14-17(6-11-23(24)31-16-18-4-3-5-21(25)13-18)12-20(15-26)19-7-9-22(10-8-19)27(28)29/h3-14H,2,16H2,1H3/b20-12-. The molecular formula is C24H19FN2O4. The third-order valence-corrected chi connectivity index (χ3v) is 4.37. The average molecular weight is 418 g/mol. The molecule has 3 rings (SSSR count). The van der Waals surface area contributed by atoms with Gasteiger partial charge in [-0.15, -0.1) is 0 Å². The van der Waals surface area contributed by atoms with Gasteiger partial charge in [-0.05, 0) is 66.1 Å². The molecule has 6 nitrogen and oxygen atoms in total. The molecule has 0 N–H and O–H groups in total. The molecule has 0 aliphatic rings. The lowest BCUT2D eigenvalue weighted by Gasteiger charge is -2.13. The minimum Gasteiger partial charge on any atom is -0.490 e. The Bertz CT molecular complexity index is 1150. The van der Waals surface area contributed by atoms with Crippen LogP contribution in [-0.2, 0) is 6.61 Å². The van der Waals surface area contributed by atoms with Gasteiger partial charge < -0.3 is 9.47 Å². The number of hydrogen-bond acceptors (Lipinski definition) is 5. The van der Waals surface area contributed by atoms with Crippen LogP contribution in [0.25, 0.3) is 11.6 Å². The predicted molar refractivity (Wildman–Crippen MR) is 115 cm³/mol. The van der Waals surface area contributed by atoms with Crippen molar-refractivity contribution in [3.05, 3.63) is 99.4 Å². The number of nitro benzene ring substituents is 1. The highest BCUT2D eigenvalue weighted by atomic mass is 19.1. The average Bonchev–Trinajstić information content (AvgIpc) is 2.77. The van der Waals surface area contributed by atoms with Gasteiger partial charge in [0, 0.05) is 12.1 Å². The summed E-state index contributed by atoms with van der Waals surface area (Å²) >= 11 is 0. The second-order valence-electron chi connectivity index (χ2n) is 6.53. The van der Waals surface area contributed by atoms with Crippen LogP contribution >= 0.6 is 0 Å². The molecule has 0 amide bonds. The van der Waals surface area contributed by atoms with Gasteiger partial charge in [-0.1, -0.05) is 18.2 Å². The normalized spacial score (nSPS) is 10.9. The topological polar surface area (TPSA) is 85.4 Å². The summed E-state index contributed by atoms with van der Waals surface area (Å²) in [5.41, 5.74) is 2.27. The van der Waals surface area contributed by atoms with E-state index in [2.05, 4.69) is 6.07 Å². The molecule has 0 radical (unpaired) electrons. The Labute approximate surface area is 178 Å². The molecular weight excluding hydrogens is 399 g/mol. The van der Waals surface area contributed by atoms with Crippen LogP contribution in [0.3, 0.4) is 0 Å². The van der Waals surface area contributed by atoms with Gasteiger partial charge in [0.2, 0.25) is 0 Å². The summed E-state index contributed by atoms with van der Waals surface area (Å²) in [5.74, 6) is 0.660. The number of ether oxygens (including phenoxy) is 2. The lowest BCUT2D eigenvalue weighted by molar-refractivity contribution is -0.384. The van der Waals surface area contributed by atoms with Gasteiger partial charge in [-0.2, -0.15) is 5.26 Å². The van der Waals surface area contributed by atoms with Crippen LogP contribution in [0.1, 0.15) is 23.6 Å². The largest absolute Gasteiger partial charge is 0.490 e. The quantitative estimate of drug-likeness (QED) is 0.200. The number of hydrogen-bond donors (Lipinski definition) is 0. The number of nitriles is 1. The summed E-state index contributed by atoms with van der Waals surface area (Å²) in [6.45, 7) is 2.44. The molecule has 0 saturated carbocycles. The number of nitrogens with zero attached hydrogens (tertiary/aromatic N) is 2. The van der Waals surface area contributed by atoms with Crippen molar-refractivity contribution >= 4 is 17.3 Å². The van der Waals surface area contributed by atoms with Crippen molar-refractivity contribution in [1.82, 2.24) is 0 Å². The summed E-state index contributed by atoms with van der Waals surface area (Å²) in [4.78, 5) is 10.3. The number of benzene rings is 3. The van der Waals surface area contributed by atoms with Gasteiger partial charge in [0.1, 0.15) is 12.4 Å². The summed E-state index contributed by atoms with van der Waals surface area (Å²) in [7, 11) is 0. The van der Waals surface area contributed by atoms with E-state index in [1.165, 1.54) is 36.4 Å². The van der Waals surface area contributed by atoms with Gasteiger partial charge in [0.15, 0.2) is 11.5 Å². The monoisotopic (exact) mass is 418 g/mol. The lowest BCUT2D eigenvalue weighted by atomic mass is 10.0. The van der Waals surface area contributed by atoms with E-state index in [0.29, 0.717) is 40.4 Å². The van der Waals surface area contributed by atoms with Crippen LogP contribution in [0.15, 0.2) is 66.7 Å². The zero-order valence-corrected chi connectivity index (χ0v) is 16.7. The Hall–Kier alpha value is -4.18. The second-order valence-corrected chi connectivity index (χ2v) is 6.53. The first-order chi connectivity index (χ1) is 15.0. The molecule has 0 unspecified atom stereocenters. The summed E-state index contributed by atoms with van der Waals surface area (Å²) < 4.78 is 24.8. The van der Waals surface area contributed by atoms with E-state index in [1.54, 1.807) is 36.4 Å². The van der Waals surface area contributed by atoms with E-state index in [-0.39, 0.29) is 18.1 Å². The summed E-state index contributed by atoms with van der Waals surface area (Å²) in [6, 6.07) is 19.3. The van der Waals surface area contributed by atoms with Crippen molar-refractivity contribution in [3.8, 4) is 17.6 Å². The molecule has 0 aromatic heterocycles. The highest BCUT2D eigenvalue weighted by Gasteiger charge is 2.10. The van der Waals surface area contributed by atoms with E-state index in [1.807, 2.05) is 6.92 Å². The lowest BCUT2D eigenvalue weighted by Crippen LogP contribution is -2.00. The number of rotatable bonds is 8. The fraction of sp³-hybridized carbons (Fsp3) is 0.125. The van der Waals surface area contributed by atoms with Crippen molar-refractivity contribution in [2.75, 3.05) is 6.61 Å². The first-order valence-electron chi connectivity index (χ1n) is 9.51. The third kappa shape index (κ3) is 5.67. The predicted octanol–water partition coefficient (Wildman–Crippen LogP) is 5.78. The minimum atomic E-state index is -0.490. The molecule has 0 aliphatic heterocycles. The van der Waals surface area contributed by atoms with Gasteiger partial charge >= 0.3 is 0 Å². The molecule has 0 saturated heterocycles. The van der Waals surface area contributed by atoms with Crippen LogP contribution in [-0.4, -0.2) is 11.5 Å². The highest BCUT2D eigenvalue weighted by Crippen LogP contribution is 2.31. The molecule has 31 heavy (non-hydrogen) atoms. The van der Waals surface area contributed by atoms with Crippen LogP contribution in [0.4, 0.5) is 10.1 Å². The number of nitro groups is 1. The van der Waals surface area contributed by atoms with Gasteiger partial charge in [-0.25, -0.2) is 4.39 Å². The second kappa shape index (κ2) is 10.0. The van der Waals surface area contributed by atoms with E-state index >= 15 is 0 Å². The zero-order valence-electron chi connectivity index (χ0n) is 16.7. The molecule has 3 aromatic carbocycles. The first kappa shape index (κ1) is 21.5. The van der Waals surface area contributed by atoms with Gasteiger partial charge in [0.05, 0.1) is 23.2 Å². The zero-order chi connectivity index (χ0) is 22.2. The fourth-order valence-electron chi connectivity index (χ4n) is 2.90. The summed E-state index contributed by atoms with van der Waals surface area (Å²) in [5, 5.41) is 20.4. The molecule has 0 bridgehead atoms. The van der Waals surface area contributed by atoms with E-state index in [0.717, 1.165) is 0 Å². The van der Waals surface area contributed by atoms with Crippen LogP contribution in [0, 0.1) is 27.3 Å².